The Hall–Kier alpha value is -1.20. The van der Waals surface area contributed by atoms with E-state index in [1.54, 1.807) is 17.7 Å². The number of nitrogens with one attached hydrogen (secondary N) is 1. The van der Waals surface area contributed by atoms with Gasteiger partial charge < -0.3 is 10.2 Å². The van der Waals surface area contributed by atoms with Crippen LogP contribution in [0.1, 0.15) is 30.2 Å². The maximum atomic E-state index is 4.47. The van der Waals surface area contributed by atoms with Crippen molar-refractivity contribution in [1.29, 1.82) is 0 Å². The number of likely N-dealkylation sites (tertiary alicyclic amines) is 1. The molecule has 1 fully saturated rings. The maximum Gasteiger partial charge on any atom is 0.138 e. The van der Waals surface area contributed by atoms with Crippen molar-refractivity contribution >= 4 is 27.4 Å². The second-order valence-electron chi connectivity index (χ2n) is 5.94. The van der Waals surface area contributed by atoms with Gasteiger partial charge in [0.1, 0.15) is 17.0 Å². The molecule has 0 aromatic carbocycles. The van der Waals surface area contributed by atoms with Crippen molar-refractivity contribution in [3.05, 3.63) is 16.8 Å². The number of aryl methyl sites for hydroxylation is 2. The largest absolute Gasteiger partial charge is 0.369 e. The summed E-state index contributed by atoms with van der Waals surface area (Å²) in [7, 11) is 0. The summed E-state index contributed by atoms with van der Waals surface area (Å²) < 4.78 is 0. The first-order chi connectivity index (χ1) is 10.2. The number of nitrogens with zero attached hydrogens (tertiary/aromatic N) is 3. The summed E-state index contributed by atoms with van der Waals surface area (Å²) in [4.78, 5) is 13.8. The Morgan fingerprint density at radius 3 is 2.76 bits per heavy atom. The van der Waals surface area contributed by atoms with E-state index in [1.807, 2.05) is 0 Å². The second kappa shape index (κ2) is 6.28. The maximum absolute atomic E-state index is 4.47. The first-order valence-corrected chi connectivity index (χ1v) is 8.67. The van der Waals surface area contributed by atoms with Crippen molar-refractivity contribution in [1.82, 2.24) is 14.9 Å². The first kappa shape index (κ1) is 14.7. The minimum Gasteiger partial charge on any atom is -0.369 e. The van der Waals surface area contributed by atoms with E-state index in [9.17, 15) is 0 Å². The molecule has 0 unspecified atom stereocenters. The summed E-state index contributed by atoms with van der Waals surface area (Å²) in [6.07, 6.45) is 4.26. The summed E-state index contributed by atoms with van der Waals surface area (Å²) in [5.74, 6) is 1.78. The molecule has 1 N–H and O–H groups in total. The fourth-order valence-electron chi connectivity index (χ4n) is 3.06. The van der Waals surface area contributed by atoms with Crippen molar-refractivity contribution in [3.8, 4) is 0 Å². The molecule has 21 heavy (non-hydrogen) atoms. The number of fused-ring (bicyclic) bond motifs is 1. The molecule has 3 rings (SSSR count). The monoisotopic (exact) mass is 304 g/mol. The van der Waals surface area contributed by atoms with Crippen LogP contribution >= 0.6 is 11.3 Å². The second-order valence-corrected chi connectivity index (χ2v) is 7.15. The molecule has 2 aromatic rings. The molecule has 0 aliphatic carbocycles. The summed E-state index contributed by atoms with van der Waals surface area (Å²) in [6, 6.07) is 0. The van der Waals surface area contributed by atoms with E-state index < -0.39 is 0 Å². The normalized spacial score (nSPS) is 17.5. The molecule has 0 spiro atoms. The number of aromatic nitrogens is 2. The molecule has 0 bridgehead atoms. The Morgan fingerprint density at radius 2 is 2.05 bits per heavy atom. The predicted molar refractivity (Wildman–Crippen MR) is 90.2 cm³/mol. The summed E-state index contributed by atoms with van der Waals surface area (Å²) in [5, 5.41) is 4.80. The lowest BCUT2D eigenvalue weighted by molar-refractivity contribution is 0.198. The SMILES string of the molecule is CCN1CCC(CNc2ncnc3sc(C)c(C)c23)CC1. The molecule has 114 valence electrons. The minimum absolute atomic E-state index is 0.762. The van der Waals surface area contributed by atoms with Gasteiger partial charge in [-0.3, -0.25) is 0 Å². The highest BCUT2D eigenvalue weighted by atomic mass is 32.1. The first-order valence-electron chi connectivity index (χ1n) is 7.86. The van der Waals surface area contributed by atoms with Gasteiger partial charge in [-0.25, -0.2) is 9.97 Å². The lowest BCUT2D eigenvalue weighted by Crippen LogP contribution is -2.35. The minimum atomic E-state index is 0.762. The van der Waals surface area contributed by atoms with E-state index in [-0.39, 0.29) is 0 Å². The average Bonchev–Trinajstić information content (AvgIpc) is 2.81. The standard InChI is InChI=1S/C16H24N4S/c1-4-20-7-5-13(6-8-20)9-17-15-14-11(2)12(3)21-16(14)19-10-18-15/h10,13H,4-9H2,1-3H3,(H,17,18,19). The van der Waals surface area contributed by atoms with E-state index in [1.165, 1.54) is 48.3 Å². The molecule has 1 aliphatic rings. The van der Waals surface area contributed by atoms with Crippen LogP contribution in [0.4, 0.5) is 5.82 Å². The van der Waals surface area contributed by atoms with Crippen molar-refractivity contribution < 1.29 is 0 Å². The topological polar surface area (TPSA) is 41.0 Å². The highest BCUT2D eigenvalue weighted by Gasteiger charge is 2.19. The van der Waals surface area contributed by atoms with Crippen LogP contribution in [0.3, 0.4) is 0 Å². The van der Waals surface area contributed by atoms with Crippen molar-refractivity contribution in [3.63, 3.8) is 0 Å². The van der Waals surface area contributed by atoms with Gasteiger partial charge in [-0.05, 0) is 57.8 Å². The van der Waals surface area contributed by atoms with Gasteiger partial charge in [0.05, 0.1) is 5.39 Å². The van der Waals surface area contributed by atoms with Gasteiger partial charge in [0.2, 0.25) is 0 Å². The van der Waals surface area contributed by atoms with Crippen LogP contribution in [0.5, 0.6) is 0 Å². The van der Waals surface area contributed by atoms with Crippen LogP contribution in [0.25, 0.3) is 10.2 Å². The molecule has 1 saturated heterocycles. The van der Waals surface area contributed by atoms with Crippen molar-refractivity contribution in [2.75, 3.05) is 31.5 Å². The Balaban J connectivity index is 1.68. The average molecular weight is 304 g/mol. The fourth-order valence-corrected chi connectivity index (χ4v) is 4.06. The van der Waals surface area contributed by atoms with Gasteiger partial charge in [0.15, 0.2) is 0 Å². The Morgan fingerprint density at radius 1 is 1.29 bits per heavy atom. The molecule has 0 radical (unpaired) electrons. The third kappa shape index (κ3) is 3.04. The number of hydrogen-bond acceptors (Lipinski definition) is 5. The third-order valence-corrected chi connectivity index (χ3v) is 5.79. The predicted octanol–water partition coefficient (Wildman–Crippen LogP) is 3.45. The van der Waals surface area contributed by atoms with Crippen LogP contribution < -0.4 is 5.32 Å². The van der Waals surface area contributed by atoms with E-state index >= 15 is 0 Å². The zero-order valence-corrected chi connectivity index (χ0v) is 14.0. The molecule has 1 aliphatic heterocycles. The molecule has 0 amide bonds. The zero-order valence-electron chi connectivity index (χ0n) is 13.1. The van der Waals surface area contributed by atoms with Crippen LogP contribution in [0, 0.1) is 19.8 Å². The quantitative estimate of drug-likeness (QED) is 0.939. The lowest BCUT2D eigenvalue weighted by Gasteiger charge is -2.31. The van der Waals surface area contributed by atoms with E-state index in [4.69, 9.17) is 0 Å². The summed E-state index contributed by atoms with van der Waals surface area (Å²) in [6.45, 7) is 11.3. The molecule has 0 atom stereocenters. The number of piperidine rings is 1. The van der Waals surface area contributed by atoms with Crippen LogP contribution in [-0.2, 0) is 0 Å². The molecular formula is C16H24N4S. The third-order valence-electron chi connectivity index (χ3n) is 4.68. The van der Waals surface area contributed by atoms with Crippen molar-refractivity contribution in [2.45, 2.75) is 33.6 Å². The van der Waals surface area contributed by atoms with Gasteiger partial charge in [-0.2, -0.15) is 0 Å². The number of thiophene rings is 1. The Labute approximate surface area is 130 Å². The van der Waals surface area contributed by atoms with Gasteiger partial charge in [0.25, 0.3) is 0 Å². The van der Waals surface area contributed by atoms with Gasteiger partial charge in [-0.15, -0.1) is 11.3 Å². The van der Waals surface area contributed by atoms with E-state index in [0.29, 0.717) is 0 Å². The van der Waals surface area contributed by atoms with E-state index in [0.717, 1.165) is 23.1 Å². The van der Waals surface area contributed by atoms with E-state index in [2.05, 4.69) is 41.0 Å². The van der Waals surface area contributed by atoms with Crippen LogP contribution in [0.15, 0.2) is 6.33 Å². The van der Waals surface area contributed by atoms with Crippen molar-refractivity contribution in [2.24, 2.45) is 5.92 Å². The highest BCUT2D eigenvalue weighted by molar-refractivity contribution is 7.18. The highest BCUT2D eigenvalue weighted by Crippen LogP contribution is 2.32. The molecule has 2 aromatic heterocycles. The molecule has 3 heterocycles. The van der Waals surface area contributed by atoms with Gasteiger partial charge >= 0.3 is 0 Å². The molecule has 5 heteroatoms. The zero-order chi connectivity index (χ0) is 14.8. The number of anilines is 1. The molecular weight excluding hydrogens is 280 g/mol. The van der Waals surface area contributed by atoms with Gasteiger partial charge in [0, 0.05) is 11.4 Å². The molecule has 0 saturated carbocycles. The number of rotatable bonds is 4. The fraction of sp³-hybridized carbons (Fsp3) is 0.625. The van der Waals surface area contributed by atoms with Crippen LogP contribution in [-0.4, -0.2) is 41.0 Å². The summed E-state index contributed by atoms with van der Waals surface area (Å²) in [5.41, 5.74) is 1.32. The lowest BCUT2D eigenvalue weighted by atomic mass is 9.97. The Kier molecular flexibility index (Phi) is 4.40. The Bertz CT molecular complexity index is 614. The van der Waals surface area contributed by atoms with Crippen LogP contribution in [0.2, 0.25) is 0 Å². The summed E-state index contributed by atoms with van der Waals surface area (Å²) >= 11 is 1.76. The molecule has 4 nitrogen and oxygen atoms in total. The number of hydrogen-bond donors (Lipinski definition) is 1. The van der Waals surface area contributed by atoms with Gasteiger partial charge in [-0.1, -0.05) is 6.92 Å². The smallest absolute Gasteiger partial charge is 0.138 e.